The summed E-state index contributed by atoms with van der Waals surface area (Å²) in [7, 11) is -3.96. The molecule has 1 heterocycles. The summed E-state index contributed by atoms with van der Waals surface area (Å²) in [4.78, 5) is 21.0. The lowest BCUT2D eigenvalue weighted by Crippen LogP contribution is -2.20. The van der Waals surface area contributed by atoms with E-state index >= 15 is 0 Å². The zero-order chi connectivity index (χ0) is 9.90. The first-order valence-electron chi connectivity index (χ1n) is 3.64. The number of hydrogen-bond acceptors (Lipinski definition) is 4. The maximum atomic E-state index is 10.6. The standard InChI is InChI=1S/C5H11N4O3P/c1-4(2-13(10,11)12)8-5-6-3-7-9-5/h3-4H,2H2,1H3,(H2,10,11,12)(H2,6,7,8,9). The van der Waals surface area contributed by atoms with Crippen molar-refractivity contribution in [1.82, 2.24) is 15.2 Å². The van der Waals surface area contributed by atoms with E-state index in [0.29, 0.717) is 5.95 Å². The number of nitrogens with zero attached hydrogens (tertiary/aromatic N) is 2. The maximum absolute atomic E-state index is 10.6. The number of H-pyrrole nitrogens is 1. The van der Waals surface area contributed by atoms with Crippen LogP contribution in [0.15, 0.2) is 6.33 Å². The Bertz CT molecular complexity index is 295. The second-order valence-electron chi connectivity index (χ2n) is 2.73. The van der Waals surface area contributed by atoms with Gasteiger partial charge in [0, 0.05) is 6.04 Å². The van der Waals surface area contributed by atoms with E-state index in [1.165, 1.54) is 6.33 Å². The lowest BCUT2D eigenvalue weighted by atomic mass is 10.4. The maximum Gasteiger partial charge on any atom is 0.327 e. The van der Waals surface area contributed by atoms with Gasteiger partial charge in [0.2, 0.25) is 5.95 Å². The number of aromatic nitrogens is 3. The fourth-order valence-electron chi connectivity index (χ4n) is 0.911. The molecule has 0 aromatic carbocycles. The zero-order valence-electron chi connectivity index (χ0n) is 7.01. The molecule has 1 atom stereocenters. The van der Waals surface area contributed by atoms with E-state index in [1.54, 1.807) is 6.92 Å². The Kier molecular flexibility index (Phi) is 3.02. The van der Waals surface area contributed by atoms with Gasteiger partial charge in [-0.2, -0.15) is 5.10 Å². The number of anilines is 1. The van der Waals surface area contributed by atoms with Crippen LogP contribution in [0.5, 0.6) is 0 Å². The average Bonchev–Trinajstić information content (AvgIpc) is 2.34. The molecule has 7 nitrogen and oxygen atoms in total. The van der Waals surface area contributed by atoms with Crippen LogP contribution >= 0.6 is 7.60 Å². The average molecular weight is 206 g/mol. The molecule has 0 fully saturated rings. The van der Waals surface area contributed by atoms with Crippen molar-refractivity contribution < 1.29 is 14.4 Å². The third-order valence-corrected chi connectivity index (χ3v) is 2.33. The summed E-state index contributed by atoms with van der Waals surface area (Å²) in [6, 6.07) is -0.353. The molecule has 0 saturated heterocycles. The van der Waals surface area contributed by atoms with Gasteiger partial charge in [0.1, 0.15) is 6.33 Å². The molecule has 74 valence electrons. The van der Waals surface area contributed by atoms with Crippen molar-refractivity contribution in [3.63, 3.8) is 0 Å². The third-order valence-electron chi connectivity index (χ3n) is 1.31. The van der Waals surface area contributed by atoms with Gasteiger partial charge in [-0.15, -0.1) is 0 Å². The summed E-state index contributed by atoms with van der Waals surface area (Å²) >= 11 is 0. The molecule has 1 aromatic rings. The van der Waals surface area contributed by atoms with E-state index in [-0.39, 0.29) is 12.2 Å². The molecule has 0 amide bonds. The Hall–Kier alpha value is -0.910. The van der Waals surface area contributed by atoms with E-state index < -0.39 is 7.60 Å². The van der Waals surface area contributed by atoms with Crippen LogP contribution in [0.2, 0.25) is 0 Å². The van der Waals surface area contributed by atoms with E-state index in [0.717, 1.165) is 0 Å². The second kappa shape index (κ2) is 3.87. The minimum absolute atomic E-state index is 0.228. The normalized spacial score (nSPS) is 14.1. The SMILES string of the molecule is CC(CP(=O)(O)O)Nc1ncn[nH]1. The van der Waals surface area contributed by atoms with Crippen LogP contribution in [0.3, 0.4) is 0 Å². The number of hydrogen-bond donors (Lipinski definition) is 4. The van der Waals surface area contributed by atoms with Crippen LogP contribution in [0, 0.1) is 0 Å². The highest BCUT2D eigenvalue weighted by atomic mass is 31.2. The lowest BCUT2D eigenvalue weighted by Gasteiger charge is -2.12. The van der Waals surface area contributed by atoms with Crippen LogP contribution in [0.4, 0.5) is 5.95 Å². The molecule has 0 aliphatic carbocycles. The van der Waals surface area contributed by atoms with E-state index in [2.05, 4.69) is 20.5 Å². The molecule has 0 aliphatic heterocycles. The van der Waals surface area contributed by atoms with Gasteiger partial charge in [-0.1, -0.05) is 0 Å². The summed E-state index contributed by atoms with van der Waals surface area (Å²) in [5, 5.41) is 8.86. The highest BCUT2D eigenvalue weighted by Gasteiger charge is 2.18. The van der Waals surface area contributed by atoms with Crippen LogP contribution in [0.25, 0.3) is 0 Å². The Morgan fingerprint density at radius 2 is 2.46 bits per heavy atom. The van der Waals surface area contributed by atoms with Gasteiger partial charge in [-0.05, 0) is 6.92 Å². The van der Waals surface area contributed by atoms with Crippen molar-refractivity contribution >= 4 is 13.5 Å². The van der Waals surface area contributed by atoms with Gasteiger partial charge >= 0.3 is 7.60 Å². The van der Waals surface area contributed by atoms with Crippen molar-refractivity contribution in [2.75, 3.05) is 11.5 Å². The molecular weight excluding hydrogens is 195 g/mol. The van der Waals surface area contributed by atoms with Crippen LogP contribution < -0.4 is 5.32 Å². The van der Waals surface area contributed by atoms with Gasteiger partial charge in [-0.25, -0.2) is 10.1 Å². The van der Waals surface area contributed by atoms with Crippen LogP contribution in [-0.2, 0) is 4.57 Å². The summed E-state index contributed by atoms with van der Waals surface area (Å²) < 4.78 is 10.6. The molecule has 0 bridgehead atoms. The zero-order valence-corrected chi connectivity index (χ0v) is 7.90. The van der Waals surface area contributed by atoms with E-state index in [1.807, 2.05) is 0 Å². The summed E-state index contributed by atoms with van der Waals surface area (Å²) in [6.45, 7) is 1.65. The van der Waals surface area contributed by atoms with Crippen molar-refractivity contribution in [3.8, 4) is 0 Å². The predicted octanol–water partition coefficient (Wildman–Crippen LogP) is -0.217. The third kappa shape index (κ3) is 4.02. The second-order valence-corrected chi connectivity index (χ2v) is 4.42. The smallest absolute Gasteiger partial charge is 0.327 e. The van der Waals surface area contributed by atoms with Crippen molar-refractivity contribution in [2.24, 2.45) is 0 Å². The van der Waals surface area contributed by atoms with E-state index in [9.17, 15) is 4.57 Å². The Morgan fingerprint density at radius 1 is 1.77 bits per heavy atom. The van der Waals surface area contributed by atoms with E-state index in [4.69, 9.17) is 9.79 Å². The molecule has 4 N–H and O–H groups in total. The minimum atomic E-state index is -3.96. The van der Waals surface area contributed by atoms with Gasteiger partial charge in [0.15, 0.2) is 0 Å². The van der Waals surface area contributed by atoms with Gasteiger partial charge < -0.3 is 15.1 Å². The molecule has 13 heavy (non-hydrogen) atoms. The summed E-state index contributed by atoms with van der Waals surface area (Å²) in [5.74, 6) is 0.404. The Balaban J connectivity index is 2.43. The molecule has 0 spiro atoms. The Labute approximate surface area is 74.7 Å². The molecule has 0 aliphatic rings. The molecule has 1 unspecified atom stereocenters. The van der Waals surface area contributed by atoms with Crippen LogP contribution in [0.1, 0.15) is 6.92 Å². The fourth-order valence-corrected chi connectivity index (χ4v) is 1.72. The fraction of sp³-hybridized carbons (Fsp3) is 0.600. The summed E-state index contributed by atoms with van der Waals surface area (Å²) in [5.41, 5.74) is 0. The molecule has 0 saturated carbocycles. The largest absolute Gasteiger partial charge is 0.352 e. The van der Waals surface area contributed by atoms with Gasteiger partial charge in [0.05, 0.1) is 6.16 Å². The topological polar surface area (TPSA) is 111 Å². The van der Waals surface area contributed by atoms with Gasteiger partial charge in [-0.3, -0.25) is 4.57 Å². The van der Waals surface area contributed by atoms with Crippen molar-refractivity contribution in [2.45, 2.75) is 13.0 Å². The number of nitrogens with one attached hydrogen (secondary N) is 2. The first-order valence-corrected chi connectivity index (χ1v) is 5.43. The number of rotatable bonds is 4. The molecule has 0 radical (unpaired) electrons. The molecule has 1 aromatic heterocycles. The minimum Gasteiger partial charge on any atom is -0.352 e. The highest BCUT2D eigenvalue weighted by Crippen LogP contribution is 2.35. The van der Waals surface area contributed by atoms with Gasteiger partial charge in [0.25, 0.3) is 0 Å². The number of aromatic amines is 1. The monoisotopic (exact) mass is 206 g/mol. The van der Waals surface area contributed by atoms with Crippen LogP contribution in [-0.4, -0.2) is 37.2 Å². The Morgan fingerprint density at radius 3 is 2.92 bits per heavy atom. The lowest BCUT2D eigenvalue weighted by molar-refractivity contribution is 0.371. The first-order chi connectivity index (χ1) is 5.97. The van der Waals surface area contributed by atoms with Crippen molar-refractivity contribution in [3.05, 3.63) is 6.33 Å². The molecular formula is C5H11N4O3P. The molecule has 8 heteroatoms. The predicted molar refractivity (Wildman–Crippen MR) is 46.4 cm³/mol. The summed E-state index contributed by atoms with van der Waals surface area (Å²) in [6.07, 6.45) is 1.08. The quantitative estimate of drug-likeness (QED) is 0.507. The first kappa shape index (κ1) is 10.2. The molecule has 1 rings (SSSR count). The van der Waals surface area contributed by atoms with Crippen molar-refractivity contribution in [1.29, 1.82) is 0 Å². The highest BCUT2D eigenvalue weighted by molar-refractivity contribution is 7.51.